The molecule has 0 aliphatic carbocycles. The van der Waals surface area contributed by atoms with Gasteiger partial charge in [0.2, 0.25) is 0 Å². The van der Waals surface area contributed by atoms with Gasteiger partial charge >= 0.3 is 0 Å². The summed E-state index contributed by atoms with van der Waals surface area (Å²) in [7, 11) is 0. The maximum atomic E-state index is 11.9. The molecule has 148 valence electrons. The smallest absolute Gasteiger partial charge is 0.193 e. The van der Waals surface area contributed by atoms with Crippen LogP contribution in [0.15, 0.2) is 109 Å². The van der Waals surface area contributed by atoms with Crippen LogP contribution in [-0.2, 0) is 0 Å². The minimum atomic E-state index is -0.0319. The second kappa shape index (κ2) is 9.85. The number of benzene rings is 4. The number of carbonyl (C=O) groups excluding carboxylic acids is 2. The van der Waals surface area contributed by atoms with Gasteiger partial charge in [0.15, 0.2) is 11.6 Å². The van der Waals surface area contributed by atoms with Crippen LogP contribution in [0.4, 0.5) is 0 Å². The van der Waals surface area contributed by atoms with Gasteiger partial charge in [-0.3, -0.25) is 9.59 Å². The molecular formula is C26H20O4. The highest BCUT2D eigenvalue weighted by Crippen LogP contribution is 2.14. The van der Waals surface area contributed by atoms with Crippen LogP contribution in [0.2, 0.25) is 0 Å². The summed E-state index contributed by atoms with van der Waals surface area (Å²) in [4.78, 5) is 23.8. The molecule has 4 nitrogen and oxygen atoms in total. The lowest BCUT2D eigenvalue weighted by Gasteiger charge is -2.00. The predicted octanol–water partition coefficient (Wildman–Crippen LogP) is 5.25. The van der Waals surface area contributed by atoms with Crippen LogP contribution in [0.3, 0.4) is 0 Å². The van der Waals surface area contributed by atoms with E-state index in [9.17, 15) is 9.59 Å². The molecule has 0 unspecified atom stereocenters. The normalized spacial score (nSPS) is 9.87. The minimum absolute atomic E-state index is 0.0319. The fourth-order valence-electron chi connectivity index (χ4n) is 2.74. The molecule has 0 spiro atoms. The first-order valence-electron chi connectivity index (χ1n) is 9.32. The number of phenolic OH excluding ortho intramolecular Hbond substituents is 2. The van der Waals surface area contributed by atoms with Gasteiger partial charge in [-0.05, 0) is 48.5 Å². The summed E-state index contributed by atoms with van der Waals surface area (Å²) >= 11 is 0. The van der Waals surface area contributed by atoms with Crippen molar-refractivity contribution < 1.29 is 19.8 Å². The molecular weight excluding hydrogens is 376 g/mol. The van der Waals surface area contributed by atoms with E-state index < -0.39 is 0 Å². The van der Waals surface area contributed by atoms with Crippen molar-refractivity contribution in [3.63, 3.8) is 0 Å². The van der Waals surface area contributed by atoms with Gasteiger partial charge in [-0.2, -0.15) is 0 Å². The van der Waals surface area contributed by atoms with Crippen molar-refractivity contribution in [2.24, 2.45) is 0 Å². The maximum Gasteiger partial charge on any atom is 0.193 e. The lowest BCUT2D eigenvalue weighted by atomic mass is 10.0. The average Bonchev–Trinajstić information content (AvgIpc) is 2.81. The second-order valence-electron chi connectivity index (χ2n) is 6.48. The summed E-state index contributed by atoms with van der Waals surface area (Å²) < 4.78 is 0. The van der Waals surface area contributed by atoms with E-state index in [1.807, 2.05) is 36.4 Å². The number of phenols is 2. The van der Waals surface area contributed by atoms with Gasteiger partial charge in [-0.1, -0.05) is 60.7 Å². The van der Waals surface area contributed by atoms with E-state index in [0.29, 0.717) is 22.3 Å². The standard InChI is InChI=1S/2C13H10O2/c2*14-12-8-6-11(7-9-12)13(15)10-4-2-1-3-5-10/h2*1-9,14H. The first-order chi connectivity index (χ1) is 14.5. The van der Waals surface area contributed by atoms with Crippen LogP contribution >= 0.6 is 0 Å². The molecule has 4 aromatic carbocycles. The minimum Gasteiger partial charge on any atom is -0.508 e. The van der Waals surface area contributed by atoms with Gasteiger partial charge < -0.3 is 10.2 Å². The van der Waals surface area contributed by atoms with Gasteiger partial charge in [-0.25, -0.2) is 0 Å². The van der Waals surface area contributed by atoms with Crippen molar-refractivity contribution in [1.29, 1.82) is 0 Å². The van der Waals surface area contributed by atoms with Crippen LogP contribution in [0, 0.1) is 0 Å². The Morgan fingerprint density at radius 2 is 0.667 bits per heavy atom. The monoisotopic (exact) mass is 396 g/mol. The van der Waals surface area contributed by atoms with Crippen molar-refractivity contribution in [2.75, 3.05) is 0 Å². The zero-order chi connectivity index (χ0) is 21.3. The third kappa shape index (κ3) is 5.42. The SMILES string of the molecule is O=C(c1ccccc1)c1ccc(O)cc1.O=C(c1ccccc1)c1ccc(O)cc1. The predicted molar refractivity (Wildman–Crippen MR) is 116 cm³/mol. The van der Waals surface area contributed by atoms with Crippen LogP contribution in [-0.4, -0.2) is 21.8 Å². The fourth-order valence-corrected chi connectivity index (χ4v) is 2.74. The molecule has 4 heteroatoms. The zero-order valence-electron chi connectivity index (χ0n) is 16.1. The van der Waals surface area contributed by atoms with Crippen LogP contribution in [0.25, 0.3) is 0 Å². The highest BCUT2D eigenvalue weighted by Gasteiger charge is 2.08. The Labute approximate surface area is 174 Å². The summed E-state index contributed by atoms with van der Waals surface area (Å²) in [6, 6.07) is 30.6. The summed E-state index contributed by atoms with van der Waals surface area (Å²) in [5.74, 6) is 0.269. The molecule has 0 aromatic heterocycles. The Bertz CT molecular complexity index is 1010. The average molecular weight is 396 g/mol. The van der Waals surface area contributed by atoms with Gasteiger partial charge in [0, 0.05) is 22.3 Å². The summed E-state index contributed by atoms with van der Waals surface area (Å²) in [5, 5.41) is 18.2. The molecule has 0 aliphatic rings. The summed E-state index contributed by atoms with van der Waals surface area (Å²) in [6.45, 7) is 0. The third-order valence-electron chi connectivity index (χ3n) is 4.33. The van der Waals surface area contributed by atoms with Crippen molar-refractivity contribution in [2.45, 2.75) is 0 Å². The zero-order valence-corrected chi connectivity index (χ0v) is 16.1. The first-order valence-corrected chi connectivity index (χ1v) is 9.32. The Morgan fingerprint density at radius 1 is 0.400 bits per heavy atom. The molecule has 2 N–H and O–H groups in total. The number of hydrogen-bond donors (Lipinski definition) is 2. The highest BCUT2D eigenvalue weighted by atomic mass is 16.3. The highest BCUT2D eigenvalue weighted by molar-refractivity contribution is 6.09. The van der Waals surface area contributed by atoms with E-state index in [1.54, 1.807) is 48.5 Å². The van der Waals surface area contributed by atoms with E-state index in [2.05, 4.69) is 0 Å². The molecule has 30 heavy (non-hydrogen) atoms. The number of rotatable bonds is 4. The maximum absolute atomic E-state index is 11.9. The number of ketones is 2. The lowest BCUT2D eigenvalue weighted by Crippen LogP contribution is -1.99. The molecule has 0 fully saturated rings. The molecule has 0 radical (unpaired) electrons. The van der Waals surface area contributed by atoms with Gasteiger partial charge in [0.05, 0.1) is 0 Å². The molecule has 0 heterocycles. The van der Waals surface area contributed by atoms with Crippen molar-refractivity contribution in [1.82, 2.24) is 0 Å². The lowest BCUT2D eigenvalue weighted by molar-refractivity contribution is 0.103. The molecule has 0 saturated carbocycles. The van der Waals surface area contributed by atoms with Crippen LogP contribution in [0.5, 0.6) is 11.5 Å². The summed E-state index contributed by atoms with van der Waals surface area (Å²) in [6.07, 6.45) is 0. The van der Waals surface area contributed by atoms with E-state index in [0.717, 1.165) is 0 Å². The molecule has 0 atom stereocenters. The number of aromatic hydroxyl groups is 2. The van der Waals surface area contributed by atoms with Gasteiger partial charge in [0.1, 0.15) is 11.5 Å². The van der Waals surface area contributed by atoms with E-state index >= 15 is 0 Å². The second-order valence-corrected chi connectivity index (χ2v) is 6.48. The molecule has 4 rings (SSSR count). The summed E-state index contributed by atoms with van der Waals surface area (Å²) in [5.41, 5.74) is 2.48. The number of hydrogen-bond acceptors (Lipinski definition) is 4. The molecule has 0 aliphatic heterocycles. The Morgan fingerprint density at radius 3 is 0.967 bits per heavy atom. The van der Waals surface area contributed by atoms with E-state index in [4.69, 9.17) is 10.2 Å². The molecule has 0 saturated heterocycles. The Balaban J connectivity index is 0.000000171. The first kappa shape index (κ1) is 20.6. The molecule has 4 aromatic rings. The van der Waals surface area contributed by atoms with E-state index in [1.165, 1.54) is 24.3 Å². The number of carbonyl (C=O) groups is 2. The molecule has 0 amide bonds. The van der Waals surface area contributed by atoms with Crippen LogP contribution in [0.1, 0.15) is 31.8 Å². The van der Waals surface area contributed by atoms with Crippen molar-refractivity contribution in [3.05, 3.63) is 131 Å². The van der Waals surface area contributed by atoms with Gasteiger partial charge in [0.25, 0.3) is 0 Å². The van der Waals surface area contributed by atoms with E-state index in [-0.39, 0.29) is 23.1 Å². The Hall–Kier alpha value is -4.18. The van der Waals surface area contributed by atoms with Crippen molar-refractivity contribution >= 4 is 11.6 Å². The third-order valence-corrected chi connectivity index (χ3v) is 4.33. The topological polar surface area (TPSA) is 74.6 Å². The Kier molecular flexibility index (Phi) is 6.74. The quantitative estimate of drug-likeness (QED) is 0.462. The fraction of sp³-hybridized carbons (Fsp3) is 0. The van der Waals surface area contributed by atoms with Crippen LogP contribution < -0.4 is 0 Å². The molecule has 0 bridgehead atoms. The van der Waals surface area contributed by atoms with Crippen molar-refractivity contribution in [3.8, 4) is 11.5 Å². The largest absolute Gasteiger partial charge is 0.508 e. The van der Waals surface area contributed by atoms with Gasteiger partial charge in [-0.15, -0.1) is 0 Å².